The summed E-state index contributed by atoms with van der Waals surface area (Å²) in [6.07, 6.45) is 0.103. The molecule has 0 aliphatic heterocycles. The van der Waals surface area contributed by atoms with Gasteiger partial charge in [-0.3, -0.25) is 4.79 Å². The summed E-state index contributed by atoms with van der Waals surface area (Å²) >= 11 is 0. The van der Waals surface area contributed by atoms with Gasteiger partial charge in [0.2, 0.25) is 5.91 Å². The maximum atomic E-state index is 13.3. The zero-order chi connectivity index (χ0) is 31.7. The van der Waals surface area contributed by atoms with Crippen LogP contribution in [0.15, 0.2) is 72.8 Å². The molecule has 0 aromatic heterocycles. The number of nitrogens with one attached hydrogen (secondary N) is 3. The van der Waals surface area contributed by atoms with Crippen LogP contribution in [0.25, 0.3) is 11.1 Å². The van der Waals surface area contributed by atoms with Crippen LogP contribution in [0.2, 0.25) is 0 Å². The van der Waals surface area contributed by atoms with Crippen molar-refractivity contribution >= 4 is 29.8 Å². The Kier molecular flexibility index (Phi) is 10.6. The molecule has 4 rings (SSSR count). The second-order valence-corrected chi connectivity index (χ2v) is 11.5. The molecule has 3 aromatic rings. The fourth-order valence-corrected chi connectivity index (χ4v) is 5.10. The topological polar surface area (TPSA) is 132 Å². The van der Waals surface area contributed by atoms with Gasteiger partial charge >= 0.3 is 18.2 Å². The van der Waals surface area contributed by atoms with Crippen LogP contribution < -0.4 is 16.0 Å². The van der Waals surface area contributed by atoms with Gasteiger partial charge in [-0.15, -0.1) is 0 Å². The first-order valence-corrected chi connectivity index (χ1v) is 14.6. The van der Waals surface area contributed by atoms with Crippen LogP contribution in [0.3, 0.4) is 0 Å². The number of esters is 1. The number of hydrogen-bond acceptors (Lipinski definition) is 7. The zero-order valence-corrected chi connectivity index (χ0v) is 25.5. The normalized spacial score (nSPS) is 12.7. The molecular formula is C34H39N3O7. The molecule has 0 fully saturated rings. The molecule has 1 aliphatic rings. The van der Waals surface area contributed by atoms with Crippen molar-refractivity contribution in [2.24, 2.45) is 0 Å². The van der Waals surface area contributed by atoms with Gasteiger partial charge in [0.05, 0.1) is 12.7 Å². The van der Waals surface area contributed by atoms with Gasteiger partial charge in [-0.2, -0.15) is 0 Å². The van der Waals surface area contributed by atoms with Gasteiger partial charge < -0.3 is 30.2 Å². The van der Waals surface area contributed by atoms with Crippen molar-refractivity contribution in [1.82, 2.24) is 10.6 Å². The van der Waals surface area contributed by atoms with Crippen molar-refractivity contribution in [2.75, 3.05) is 25.6 Å². The van der Waals surface area contributed by atoms with Gasteiger partial charge in [0.15, 0.2) is 0 Å². The van der Waals surface area contributed by atoms with Crippen LogP contribution in [0.5, 0.6) is 0 Å². The molecule has 232 valence electrons. The Labute approximate surface area is 257 Å². The minimum atomic E-state index is -0.936. The number of methoxy groups -OCH3 is 1. The lowest BCUT2D eigenvalue weighted by Crippen LogP contribution is -2.44. The molecule has 0 radical (unpaired) electrons. The van der Waals surface area contributed by atoms with E-state index in [1.807, 2.05) is 36.4 Å². The number of unbranched alkanes of at least 4 members (excludes halogenated alkanes) is 1. The standard InChI is InChI=1S/C34H39N3O7/c1-34(2,3)44-32(40)35-19-10-9-18-29(30(38)36-23-13-11-12-22(20-23)31(39)42-4)37-33(41)43-21-28-26-16-7-5-14-24(26)25-15-6-8-17-27(25)28/h5-8,11-17,20,28-29H,9-10,18-19,21H2,1-4H3,(H,35,40)(H,36,38)(H,37,41)/t29-/m0/s1. The van der Waals surface area contributed by atoms with Crippen molar-refractivity contribution in [3.05, 3.63) is 89.5 Å². The van der Waals surface area contributed by atoms with Crippen LogP contribution >= 0.6 is 0 Å². The second-order valence-electron chi connectivity index (χ2n) is 11.5. The molecule has 3 N–H and O–H groups in total. The van der Waals surface area contributed by atoms with E-state index in [2.05, 4.69) is 28.1 Å². The monoisotopic (exact) mass is 601 g/mol. The summed E-state index contributed by atoms with van der Waals surface area (Å²) in [6.45, 7) is 5.80. The van der Waals surface area contributed by atoms with E-state index in [9.17, 15) is 19.2 Å². The Morgan fingerprint density at radius 3 is 2.14 bits per heavy atom. The maximum absolute atomic E-state index is 13.3. The van der Waals surface area contributed by atoms with Gasteiger partial charge in [0.25, 0.3) is 0 Å². The number of benzene rings is 3. The molecule has 0 saturated carbocycles. The Morgan fingerprint density at radius 2 is 1.50 bits per heavy atom. The lowest BCUT2D eigenvalue weighted by molar-refractivity contribution is -0.118. The average molecular weight is 602 g/mol. The third-order valence-corrected chi connectivity index (χ3v) is 7.09. The average Bonchev–Trinajstić information content (AvgIpc) is 3.31. The number of ether oxygens (including phenoxy) is 3. The summed E-state index contributed by atoms with van der Waals surface area (Å²) in [6, 6.07) is 21.5. The highest BCUT2D eigenvalue weighted by atomic mass is 16.6. The van der Waals surface area contributed by atoms with Gasteiger partial charge in [-0.05, 0) is 80.5 Å². The van der Waals surface area contributed by atoms with E-state index in [0.29, 0.717) is 25.1 Å². The van der Waals surface area contributed by atoms with Gasteiger partial charge in [-0.1, -0.05) is 54.6 Å². The molecule has 44 heavy (non-hydrogen) atoms. The van der Waals surface area contributed by atoms with Crippen LogP contribution in [-0.4, -0.2) is 56.0 Å². The smallest absolute Gasteiger partial charge is 0.407 e. The van der Waals surface area contributed by atoms with Crippen LogP contribution in [0.1, 0.15) is 67.4 Å². The Balaban J connectivity index is 1.39. The van der Waals surface area contributed by atoms with E-state index in [1.54, 1.807) is 39.0 Å². The fourth-order valence-electron chi connectivity index (χ4n) is 5.10. The van der Waals surface area contributed by atoms with E-state index < -0.39 is 35.7 Å². The SMILES string of the molecule is COC(=O)c1cccc(NC(=O)[C@H](CCCCNC(=O)OC(C)(C)C)NC(=O)OCC2c3ccccc3-c3ccccc32)c1. The molecule has 0 heterocycles. The quantitative estimate of drug-likeness (QED) is 0.139. The molecule has 0 bridgehead atoms. The summed E-state index contributed by atoms with van der Waals surface area (Å²) in [4.78, 5) is 50.3. The molecule has 10 heteroatoms. The number of carbonyl (C=O) groups excluding carboxylic acids is 4. The van der Waals surface area contributed by atoms with Crippen molar-refractivity contribution in [3.8, 4) is 11.1 Å². The summed E-state index contributed by atoms with van der Waals surface area (Å²) in [5.74, 6) is -1.13. The largest absolute Gasteiger partial charge is 0.465 e. The number of fused-ring (bicyclic) bond motifs is 3. The van der Waals surface area contributed by atoms with Gasteiger partial charge in [0, 0.05) is 18.2 Å². The summed E-state index contributed by atoms with van der Waals surface area (Å²) in [7, 11) is 1.28. The Morgan fingerprint density at radius 1 is 0.841 bits per heavy atom. The third-order valence-electron chi connectivity index (χ3n) is 7.09. The highest BCUT2D eigenvalue weighted by molar-refractivity contribution is 5.98. The number of anilines is 1. The number of hydrogen-bond donors (Lipinski definition) is 3. The predicted molar refractivity (Wildman–Crippen MR) is 166 cm³/mol. The molecule has 0 spiro atoms. The van der Waals surface area contributed by atoms with Crippen LogP contribution in [-0.2, 0) is 19.0 Å². The van der Waals surface area contributed by atoms with Gasteiger partial charge in [0.1, 0.15) is 18.2 Å². The fraction of sp³-hybridized carbons (Fsp3) is 0.353. The first kappa shape index (κ1) is 32.1. The Hall–Kier alpha value is -4.86. The van der Waals surface area contributed by atoms with E-state index in [1.165, 1.54) is 13.2 Å². The first-order valence-electron chi connectivity index (χ1n) is 14.6. The number of rotatable bonds is 11. The Bertz CT molecular complexity index is 1450. The lowest BCUT2D eigenvalue weighted by Gasteiger charge is -2.21. The predicted octanol–water partition coefficient (Wildman–Crippen LogP) is 6.01. The number of alkyl carbamates (subject to hydrolysis) is 2. The van der Waals surface area contributed by atoms with Gasteiger partial charge in [-0.25, -0.2) is 14.4 Å². The molecule has 3 amide bonds. The second kappa shape index (κ2) is 14.5. The minimum absolute atomic E-state index is 0.106. The van der Waals surface area contributed by atoms with E-state index >= 15 is 0 Å². The summed E-state index contributed by atoms with van der Waals surface area (Å²) in [5, 5.41) is 8.17. The zero-order valence-electron chi connectivity index (χ0n) is 25.5. The van der Waals surface area contributed by atoms with Crippen molar-refractivity contribution in [3.63, 3.8) is 0 Å². The van der Waals surface area contributed by atoms with Crippen LogP contribution in [0.4, 0.5) is 15.3 Å². The number of carbonyl (C=O) groups is 4. The summed E-state index contributed by atoms with van der Waals surface area (Å²) < 4.78 is 15.7. The molecule has 1 atom stereocenters. The molecule has 0 saturated heterocycles. The molecule has 3 aromatic carbocycles. The van der Waals surface area contributed by atoms with E-state index in [4.69, 9.17) is 14.2 Å². The highest BCUT2D eigenvalue weighted by Crippen LogP contribution is 2.44. The van der Waals surface area contributed by atoms with Crippen molar-refractivity contribution in [2.45, 2.75) is 57.6 Å². The third kappa shape index (κ3) is 8.59. The molecule has 0 unspecified atom stereocenters. The molecule has 1 aliphatic carbocycles. The maximum Gasteiger partial charge on any atom is 0.407 e. The minimum Gasteiger partial charge on any atom is -0.465 e. The lowest BCUT2D eigenvalue weighted by atomic mass is 9.98. The first-order chi connectivity index (χ1) is 21.1. The molecule has 10 nitrogen and oxygen atoms in total. The number of amides is 3. The molecular weight excluding hydrogens is 562 g/mol. The highest BCUT2D eigenvalue weighted by Gasteiger charge is 2.30. The van der Waals surface area contributed by atoms with Crippen molar-refractivity contribution < 1.29 is 33.4 Å². The van der Waals surface area contributed by atoms with Crippen molar-refractivity contribution in [1.29, 1.82) is 0 Å². The van der Waals surface area contributed by atoms with E-state index in [-0.39, 0.29) is 24.5 Å². The van der Waals surface area contributed by atoms with Crippen LogP contribution in [0, 0.1) is 0 Å². The summed E-state index contributed by atoms with van der Waals surface area (Å²) in [5.41, 5.74) is 4.44. The van der Waals surface area contributed by atoms with E-state index in [0.717, 1.165) is 22.3 Å².